The standard InChI is InChI=1S/C27H27FN2O4/c1-32-26-15-21(7-9-25(26)34-24-11-13-33-19-24)17-30(18-22-5-3-12-29-16-22)27(31)10-8-20-4-2-6-23(28)14-20/h2-10,12,14-16,24H,11,13,17-19H2,1H3/b10-8+/t24-/m1/s1. The zero-order chi connectivity index (χ0) is 23.8. The molecule has 0 bridgehead atoms. The Balaban J connectivity index is 1.53. The molecule has 176 valence electrons. The minimum Gasteiger partial charge on any atom is -0.493 e. The van der Waals surface area contributed by atoms with Crippen molar-refractivity contribution in [2.45, 2.75) is 25.6 Å². The van der Waals surface area contributed by atoms with Crippen molar-refractivity contribution in [3.8, 4) is 11.5 Å². The topological polar surface area (TPSA) is 60.9 Å². The maximum absolute atomic E-state index is 13.5. The summed E-state index contributed by atoms with van der Waals surface area (Å²) in [5.41, 5.74) is 2.42. The molecule has 2 aromatic carbocycles. The summed E-state index contributed by atoms with van der Waals surface area (Å²) in [6, 6.07) is 15.5. The van der Waals surface area contributed by atoms with Crippen LogP contribution in [-0.4, -0.2) is 42.2 Å². The monoisotopic (exact) mass is 462 g/mol. The predicted molar refractivity (Wildman–Crippen MR) is 127 cm³/mol. The summed E-state index contributed by atoms with van der Waals surface area (Å²) in [7, 11) is 1.59. The number of nitrogens with zero attached hydrogens (tertiary/aromatic N) is 2. The minimum atomic E-state index is -0.347. The number of pyridine rings is 1. The normalized spacial score (nSPS) is 15.4. The van der Waals surface area contributed by atoms with Crippen molar-refractivity contribution in [2.24, 2.45) is 0 Å². The van der Waals surface area contributed by atoms with Gasteiger partial charge in [0.25, 0.3) is 0 Å². The Hall–Kier alpha value is -3.71. The first-order chi connectivity index (χ1) is 16.6. The molecule has 1 amide bonds. The van der Waals surface area contributed by atoms with Gasteiger partial charge in [-0.25, -0.2) is 4.39 Å². The average Bonchev–Trinajstić information content (AvgIpc) is 3.37. The van der Waals surface area contributed by atoms with E-state index in [9.17, 15) is 9.18 Å². The molecule has 0 saturated carbocycles. The predicted octanol–water partition coefficient (Wildman–Crippen LogP) is 4.64. The van der Waals surface area contributed by atoms with Gasteiger partial charge in [-0.2, -0.15) is 0 Å². The van der Waals surface area contributed by atoms with Gasteiger partial charge in [0.05, 0.1) is 20.3 Å². The van der Waals surface area contributed by atoms with E-state index in [0.29, 0.717) is 43.4 Å². The van der Waals surface area contributed by atoms with Gasteiger partial charge < -0.3 is 19.1 Å². The van der Waals surface area contributed by atoms with Crippen molar-refractivity contribution in [3.63, 3.8) is 0 Å². The van der Waals surface area contributed by atoms with Gasteiger partial charge in [-0.15, -0.1) is 0 Å². The van der Waals surface area contributed by atoms with Crippen LogP contribution in [0.25, 0.3) is 6.08 Å². The summed E-state index contributed by atoms with van der Waals surface area (Å²) < 4.78 is 30.4. The number of amides is 1. The Morgan fingerprint density at radius 3 is 2.76 bits per heavy atom. The molecule has 4 rings (SSSR count). The molecule has 6 nitrogen and oxygen atoms in total. The first kappa shape index (κ1) is 23.4. The van der Waals surface area contributed by atoms with Crippen LogP contribution in [0, 0.1) is 5.82 Å². The van der Waals surface area contributed by atoms with Crippen LogP contribution in [0.15, 0.2) is 73.1 Å². The molecule has 0 unspecified atom stereocenters. The molecule has 1 aromatic heterocycles. The van der Waals surface area contributed by atoms with E-state index in [2.05, 4.69) is 4.98 Å². The van der Waals surface area contributed by atoms with E-state index in [1.807, 2.05) is 30.3 Å². The molecular formula is C27H27FN2O4. The van der Waals surface area contributed by atoms with Gasteiger partial charge in [0.2, 0.25) is 5.91 Å². The number of hydrogen-bond acceptors (Lipinski definition) is 5. The quantitative estimate of drug-likeness (QED) is 0.434. The lowest BCUT2D eigenvalue weighted by atomic mass is 10.1. The molecule has 2 heterocycles. The molecule has 0 N–H and O–H groups in total. The Morgan fingerprint density at radius 1 is 1.15 bits per heavy atom. The Bertz CT molecular complexity index is 1130. The van der Waals surface area contributed by atoms with Crippen LogP contribution in [0.4, 0.5) is 4.39 Å². The van der Waals surface area contributed by atoms with Gasteiger partial charge in [-0.1, -0.05) is 24.3 Å². The van der Waals surface area contributed by atoms with Crippen molar-refractivity contribution in [2.75, 3.05) is 20.3 Å². The van der Waals surface area contributed by atoms with E-state index in [4.69, 9.17) is 14.2 Å². The fraction of sp³-hybridized carbons (Fsp3) is 0.259. The van der Waals surface area contributed by atoms with Crippen LogP contribution in [-0.2, 0) is 22.6 Å². The zero-order valence-electron chi connectivity index (χ0n) is 19.0. The van der Waals surface area contributed by atoms with Crippen molar-refractivity contribution in [1.82, 2.24) is 9.88 Å². The van der Waals surface area contributed by atoms with E-state index in [-0.39, 0.29) is 17.8 Å². The zero-order valence-corrected chi connectivity index (χ0v) is 19.0. The van der Waals surface area contributed by atoms with Gasteiger partial charge in [0.1, 0.15) is 11.9 Å². The number of benzene rings is 2. The highest BCUT2D eigenvalue weighted by Gasteiger charge is 2.20. The third-order valence-electron chi connectivity index (χ3n) is 5.46. The van der Waals surface area contributed by atoms with Crippen LogP contribution >= 0.6 is 0 Å². The molecule has 1 aliphatic rings. The Morgan fingerprint density at radius 2 is 2.03 bits per heavy atom. The lowest BCUT2D eigenvalue weighted by molar-refractivity contribution is -0.127. The fourth-order valence-electron chi connectivity index (χ4n) is 3.72. The second kappa shape index (κ2) is 11.4. The van der Waals surface area contributed by atoms with E-state index in [0.717, 1.165) is 17.5 Å². The maximum atomic E-state index is 13.5. The summed E-state index contributed by atoms with van der Waals surface area (Å²) in [5, 5.41) is 0. The van der Waals surface area contributed by atoms with Gasteiger partial charge in [-0.3, -0.25) is 9.78 Å². The van der Waals surface area contributed by atoms with Gasteiger partial charge >= 0.3 is 0 Å². The number of halogens is 1. The van der Waals surface area contributed by atoms with Crippen LogP contribution in [0.1, 0.15) is 23.1 Å². The highest BCUT2D eigenvalue weighted by atomic mass is 19.1. The second-order valence-corrected chi connectivity index (χ2v) is 8.03. The number of carbonyl (C=O) groups is 1. The number of ether oxygens (including phenoxy) is 3. The Kier molecular flexibility index (Phi) is 7.88. The van der Waals surface area contributed by atoms with Crippen molar-refractivity contribution >= 4 is 12.0 Å². The van der Waals surface area contributed by atoms with Gasteiger partial charge in [0.15, 0.2) is 11.5 Å². The summed E-state index contributed by atoms with van der Waals surface area (Å²) in [4.78, 5) is 19.0. The molecule has 0 radical (unpaired) electrons. The highest BCUT2D eigenvalue weighted by molar-refractivity contribution is 5.91. The first-order valence-electron chi connectivity index (χ1n) is 11.1. The third kappa shape index (κ3) is 6.42. The molecule has 3 aromatic rings. The minimum absolute atomic E-state index is 0.0105. The van der Waals surface area contributed by atoms with Crippen LogP contribution < -0.4 is 9.47 Å². The van der Waals surface area contributed by atoms with Crippen molar-refractivity contribution in [1.29, 1.82) is 0 Å². The van der Waals surface area contributed by atoms with Crippen molar-refractivity contribution < 1.29 is 23.4 Å². The van der Waals surface area contributed by atoms with Crippen LogP contribution in [0.3, 0.4) is 0 Å². The molecule has 0 spiro atoms. The number of hydrogen-bond donors (Lipinski definition) is 0. The molecule has 1 fully saturated rings. The number of aromatic nitrogens is 1. The van der Waals surface area contributed by atoms with Crippen LogP contribution in [0.2, 0.25) is 0 Å². The summed E-state index contributed by atoms with van der Waals surface area (Å²) in [6.45, 7) is 1.99. The summed E-state index contributed by atoms with van der Waals surface area (Å²) in [5.74, 6) is 0.710. The van der Waals surface area contributed by atoms with E-state index in [1.54, 1.807) is 42.6 Å². The number of rotatable bonds is 9. The molecule has 1 atom stereocenters. The lowest BCUT2D eigenvalue weighted by Crippen LogP contribution is -2.28. The fourth-order valence-corrected chi connectivity index (χ4v) is 3.72. The second-order valence-electron chi connectivity index (χ2n) is 8.03. The first-order valence-corrected chi connectivity index (χ1v) is 11.1. The SMILES string of the molecule is COc1cc(CN(Cc2cccnc2)C(=O)/C=C/c2cccc(F)c2)ccc1O[C@@H]1CCOC1. The third-order valence-corrected chi connectivity index (χ3v) is 5.46. The van der Waals surface area contributed by atoms with Crippen molar-refractivity contribution in [3.05, 3.63) is 95.6 Å². The maximum Gasteiger partial charge on any atom is 0.247 e. The summed E-state index contributed by atoms with van der Waals surface area (Å²) >= 11 is 0. The number of carbonyl (C=O) groups excluding carboxylic acids is 1. The van der Waals surface area contributed by atoms with E-state index >= 15 is 0 Å². The van der Waals surface area contributed by atoms with E-state index < -0.39 is 0 Å². The molecule has 1 aliphatic heterocycles. The number of methoxy groups -OCH3 is 1. The average molecular weight is 463 g/mol. The van der Waals surface area contributed by atoms with E-state index in [1.165, 1.54) is 18.2 Å². The molecule has 34 heavy (non-hydrogen) atoms. The van der Waals surface area contributed by atoms with Gasteiger partial charge in [0, 0.05) is 38.0 Å². The molecule has 7 heteroatoms. The summed E-state index contributed by atoms with van der Waals surface area (Å²) in [6.07, 6.45) is 7.35. The largest absolute Gasteiger partial charge is 0.493 e. The Labute approximate surface area is 198 Å². The van der Waals surface area contributed by atoms with Gasteiger partial charge in [-0.05, 0) is 53.1 Å². The van der Waals surface area contributed by atoms with Crippen LogP contribution in [0.5, 0.6) is 11.5 Å². The smallest absolute Gasteiger partial charge is 0.247 e. The molecular weight excluding hydrogens is 435 g/mol. The molecule has 1 saturated heterocycles. The highest BCUT2D eigenvalue weighted by Crippen LogP contribution is 2.31. The lowest BCUT2D eigenvalue weighted by Gasteiger charge is -2.22. The molecule has 0 aliphatic carbocycles.